The molecule has 1 N–H and O–H groups in total. The summed E-state index contributed by atoms with van der Waals surface area (Å²) in [6.07, 6.45) is 0. The number of fused-ring (bicyclic) bond motifs is 1. The third-order valence-electron chi connectivity index (χ3n) is 3.88. The Morgan fingerprint density at radius 3 is 2.67 bits per heavy atom. The molecule has 0 aliphatic rings. The van der Waals surface area contributed by atoms with Crippen molar-refractivity contribution in [3.05, 3.63) is 35.9 Å². The third-order valence-corrected chi connectivity index (χ3v) is 5.46. The lowest BCUT2D eigenvalue weighted by Crippen LogP contribution is -2.24. The van der Waals surface area contributed by atoms with Gasteiger partial charge in [0.2, 0.25) is 15.9 Å². The monoisotopic (exact) mass is 349 g/mol. The van der Waals surface area contributed by atoms with E-state index < -0.39 is 10.0 Å². The number of sulfonamides is 1. The zero-order chi connectivity index (χ0) is 17.5. The molecule has 0 atom stereocenters. The van der Waals surface area contributed by atoms with Crippen LogP contribution in [0.25, 0.3) is 10.9 Å². The van der Waals surface area contributed by atoms with Crippen molar-refractivity contribution >= 4 is 26.9 Å². The van der Waals surface area contributed by atoms with Crippen molar-refractivity contribution in [2.24, 2.45) is 7.05 Å². The molecular weight excluding hydrogens is 330 g/mol. The van der Waals surface area contributed by atoms with Gasteiger partial charge in [-0.2, -0.15) is 4.98 Å². The van der Waals surface area contributed by atoms with Crippen LogP contribution < -0.4 is 9.62 Å². The summed E-state index contributed by atoms with van der Waals surface area (Å²) >= 11 is 0. The van der Waals surface area contributed by atoms with Gasteiger partial charge in [0.1, 0.15) is 4.90 Å². The summed E-state index contributed by atoms with van der Waals surface area (Å²) in [6.45, 7) is 1.72. The highest BCUT2D eigenvalue weighted by atomic mass is 32.2. The van der Waals surface area contributed by atoms with Crippen molar-refractivity contribution in [2.75, 3.05) is 19.0 Å². The third kappa shape index (κ3) is 2.76. The Morgan fingerprint density at radius 1 is 1.29 bits per heavy atom. The topological polar surface area (TPSA) is 93.3 Å². The van der Waals surface area contributed by atoms with Crippen LogP contribution in [0.5, 0.6) is 0 Å². The number of nitrogens with one attached hydrogen (secondary N) is 1. The second kappa shape index (κ2) is 5.91. The molecule has 0 spiro atoms. The Hall–Kier alpha value is -2.39. The Labute approximate surface area is 140 Å². The normalized spacial score (nSPS) is 12.0. The first-order chi connectivity index (χ1) is 11.3. The molecular formula is C15H19N5O3S. The van der Waals surface area contributed by atoms with Crippen LogP contribution >= 0.6 is 0 Å². The smallest absolute Gasteiger partial charge is 0.265 e. The number of para-hydroxylation sites is 1. The van der Waals surface area contributed by atoms with Gasteiger partial charge in [0.15, 0.2) is 0 Å². The van der Waals surface area contributed by atoms with Crippen LogP contribution in [0, 0.1) is 6.92 Å². The molecule has 128 valence electrons. The van der Waals surface area contributed by atoms with Gasteiger partial charge in [0.05, 0.1) is 6.54 Å². The highest BCUT2D eigenvalue weighted by Gasteiger charge is 2.24. The van der Waals surface area contributed by atoms with Gasteiger partial charge < -0.3 is 14.0 Å². The molecule has 0 aliphatic carbocycles. The van der Waals surface area contributed by atoms with Gasteiger partial charge in [-0.05, 0) is 18.1 Å². The predicted molar refractivity (Wildman–Crippen MR) is 90.3 cm³/mol. The van der Waals surface area contributed by atoms with E-state index in [2.05, 4.69) is 14.9 Å². The van der Waals surface area contributed by atoms with Crippen molar-refractivity contribution in [2.45, 2.75) is 18.4 Å². The molecule has 0 unspecified atom stereocenters. The molecule has 0 aliphatic heterocycles. The van der Waals surface area contributed by atoms with Crippen LogP contribution in [0.4, 0.5) is 5.95 Å². The quantitative estimate of drug-likeness (QED) is 0.749. The van der Waals surface area contributed by atoms with Crippen molar-refractivity contribution < 1.29 is 12.9 Å². The number of nitrogens with zero attached hydrogens (tertiary/aromatic N) is 4. The van der Waals surface area contributed by atoms with Gasteiger partial charge in [0.25, 0.3) is 5.95 Å². The minimum Gasteiger partial charge on any atom is -0.347 e. The van der Waals surface area contributed by atoms with Crippen LogP contribution in [0.15, 0.2) is 33.7 Å². The minimum absolute atomic E-state index is 0.0637. The van der Waals surface area contributed by atoms with Crippen LogP contribution in [0.2, 0.25) is 0 Å². The summed E-state index contributed by atoms with van der Waals surface area (Å²) < 4.78 is 35.0. The van der Waals surface area contributed by atoms with Gasteiger partial charge in [-0.3, -0.25) is 0 Å². The summed E-state index contributed by atoms with van der Waals surface area (Å²) in [5, 5.41) is 4.45. The Morgan fingerprint density at radius 2 is 2.00 bits per heavy atom. The zero-order valence-electron chi connectivity index (χ0n) is 13.9. The van der Waals surface area contributed by atoms with E-state index in [1.165, 1.54) is 0 Å². The molecule has 24 heavy (non-hydrogen) atoms. The molecule has 8 nitrogen and oxygen atoms in total. The van der Waals surface area contributed by atoms with Crippen LogP contribution in [0.3, 0.4) is 0 Å². The van der Waals surface area contributed by atoms with Crippen molar-refractivity contribution in [3.63, 3.8) is 0 Å². The van der Waals surface area contributed by atoms with Crippen LogP contribution in [0.1, 0.15) is 11.6 Å². The summed E-state index contributed by atoms with van der Waals surface area (Å²) in [7, 11) is 1.68. The Bertz CT molecular complexity index is 988. The number of anilines is 1. The molecule has 0 fully saturated rings. The first-order valence-electron chi connectivity index (χ1n) is 7.35. The molecule has 3 rings (SSSR count). The molecule has 0 amide bonds. The van der Waals surface area contributed by atoms with Gasteiger partial charge in [-0.25, -0.2) is 13.1 Å². The van der Waals surface area contributed by atoms with E-state index in [0.717, 1.165) is 5.52 Å². The number of aromatic nitrogens is 3. The summed E-state index contributed by atoms with van der Waals surface area (Å²) in [5.74, 6) is 0.603. The van der Waals surface area contributed by atoms with Crippen molar-refractivity contribution in [3.8, 4) is 0 Å². The summed E-state index contributed by atoms with van der Waals surface area (Å²) in [6, 6.07) is 7.39. The number of rotatable bonds is 5. The molecule has 1 aromatic carbocycles. The van der Waals surface area contributed by atoms with E-state index in [4.69, 9.17) is 4.52 Å². The molecule has 0 radical (unpaired) electrons. The highest BCUT2D eigenvalue weighted by molar-refractivity contribution is 7.89. The van der Waals surface area contributed by atoms with E-state index in [0.29, 0.717) is 17.0 Å². The van der Waals surface area contributed by atoms with Gasteiger partial charge in [-0.1, -0.05) is 18.2 Å². The van der Waals surface area contributed by atoms with Crippen LogP contribution in [-0.4, -0.2) is 37.2 Å². The molecule has 0 saturated carbocycles. The molecule has 2 heterocycles. The van der Waals surface area contributed by atoms with E-state index in [1.54, 1.807) is 32.0 Å². The Kier molecular flexibility index (Phi) is 4.06. The maximum Gasteiger partial charge on any atom is 0.265 e. The largest absolute Gasteiger partial charge is 0.347 e. The second-order valence-electron chi connectivity index (χ2n) is 5.70. The maximum atomic E-state index is 12.8. The Balaban J connectivity index is 1.92. The van der Waals surface area contributed by atoms with E-state index in [9.17, 15) is 8.42 Å². The average Bonchev–Trinajstić information content (AvgIpc) is 3.11. The lowest BCUT2D eigenvalue weighted by Gasteiger charge is -2.05. The van der Waals surface area contributed by atoms with Crippen molar-refractivity contribution in [1.29, 1.82) is 0 Å². The maximum absolute atomic E-state index is 12.8. The standard InChI is InChI=1S/C15H19N5O3S/c1-10-14(11-7-5-6-8-12(11)20(10)4)24(21,22)16-9-13-17-15(18-23-13)19(2)3/h5-8,16H,9H2,1-4H3. The second-order valence-corrected chi connectivity index (χ2v) is 7.40. The lowest BCUT2D eigenvalue weighted by molar-refractivity contribution is 0.375. The molecule has 0 saturated heterocycles. The first kappa shape index (κ1) is 16.5. The van der Waals surface area contributed by atoms with Crippen molar-refractivity contribution in [1.82, 2.24) is 19.4 Å². The number of benzene rings is 1. The first-order valence-corrected chi connectivity index (χ1v) is 8.83. The van der Waals surface area contributed by atoms with E-state index >= 15 is 0 Å². The molecule has 2 aromatic heterocycles. The fourth-order valence-corrected chi connectivity index (χ4v) is 4.00. The molecule has 9 heteroatoms. The lowest BCUT2D eigenvalue weighted by atomic mass is 10.2. The van der Waals surface area contributed by atoms with Gasteiger partial charge in [-0.15, -0.1) is 0 Å². The number of hydrogen-bond acceptors (Lipinski definition) is 6. The van der Waals surface area contributed by atoms with Crippen LogP contribution in [-0.2, 0) is 23.6 Å². The SMILES string of the molecule is Cc1c(S(=O)(=O)NCc2nc(N(C)C)no2)c2ccccc2n1C. The highest BCUT2D eigenvalue weighted by Crippen LogP contribution is 2.28. The number of aryl methyl sites for hydroxylation is 1. The van der Waals surface area contributed by atoms with E-state index in [-0.39, 0.29) is 17.3 Å². The predicted octanol–water partition coefficient (Wildman–Crippen LogP) is 1.41. The molecule has 0 bridgehead atoms. The fraction of sp³-hybridized carbons (Fsp3) is 0.333. The van der Waals surface area contributed by atoms with E-state index in [1.807, 2.05) is 29.8 Å². The van der Waals surface area contributed by atoms with Gasteiger partial charge >= 0.3 is 0 Å². The van der Waals surface area contributed by atoms with Gasteiger partial charge in [0, 0.05) is 37.7 Å². The summed E-state index contributed by atoms with van der Waals surface area (Å²) in [4.78, 5) is 6.06. The summed E-state index contributed by atoms with van der Waals surface area (Å²) in [5.41, 5.74) is 1.53. The number of hydrogen-bond donors (Lipinski definition) is 1. The fourth-order valence-electron chi connectivity index (χ4n) is 2.55. The molecule has 3 aromatic rings. The zero-order valence-corrected chi connectivity index (χ0v) is 14.8. The minimum atomic E-state index is -3.72. The average molecular weight is 349 g/mol.